The van der Waals surface area contributed by atoms with Crippen molar-refractivity contribution in [3.8, 4) is 0 Å². The fourth-order valence-corrected chi connectivity index (χ4v) is 2.78. The number of aliphatic carboxylic acids is 1. The normalized spacial score (nSPS) is 19.4. The van der Waals surface area contributed by atoms with Crippen molar-refractivity contribution in [1.29, 1.82) is 0 Å². The number of nitrogens with zero attached hydrogens (tertiary/aromatic N) is 1. The second kappa shape index (κ2) is 4.75. The molecule has 1 N–H and O–H groups in total. The zero-order valence-corrected chi connectivity index (χ0v) is 9.61. The van der Waals surface area contributed by atoms with Crippen molar-refractivity contribution in [2.75, 3.05) is 11.6 Å². The first-order valence-corrected chi connectivity index (χ1v) is 6.12. The van der Waals surface area contributed by atoms with Crippen LogP contribution in [-0.4, -0.2) is 39.6 Å². The highest BCUT2D eigenvalue weighted by Crippen LogP contribution is 2.23. The number of hydrogen-bond acceptors (Lipinski definition) is 3. The second-order valence-corrected chi connectivity index (χ2v) is 4.64. The largest absolute Gasteiger partial charge is 0.480 e. The molecule has 2 rings (SSSR count). The number of carbonyl (C=O) groups excluding carboxylic acids is 1. The average Bonchev–Trinajstić information content (AvgIpc) is 2.77. The molecular weight excluding hydrogens is 245 g/mol. The Kier molecular flexibility index (Phi) is 3.33. The van der Waals surface area contributed by atoms with Crippen molar-refractivity contribution in [3.05, 3.63) is 35.6 Å². The van der Waals surface area contributed by atoms with Crippen LogP contribution in [0, 0.1) is 5.82 Å². The maximum atomic E-state index is 13.0. The first-order valence-electron chi connectivity index (χ1n) is 4.96. The highest BCUT2D eigenvalue weighted by atomic mass is 32.2. The van der Waals surface area contributed by atoms with E-state index in [0.29, 0.717) is 11.6 Å². The molecule has 1 saturated heterocycles. The van der Waals surface area contributed by atoms with Gasteiger partial charge in [-0.25, -0.2) is 9.18 Å². The smallest absolute Gasteiger partial charge is 0.327 e. The van der Waals surface area contributed by atoms with Gasteiger partial charge in [-0.15, -0.1) is 11.8 Å². The van der Waals surface area contributed by atoms with Crippen LogP contribution in [0.3, 0.4) is 0 Å². The molecule has 1 atom stereocenters. The molecule has 0 aromatic heterocycles. The predicted molar refractivity (Wildman–Crippen MR) is 61.3 cm³/mol. The Morgan fingerprint density at radius 1 is 1.47 bits per heavy atom. The molecule has 0 aliphatic carbocycles. The van der Waals surface area contributed by atoms with Gasteiger partial charge in [0.15, 0.2) is 0 Å². The number of hydrogen-bond donors (Lipinski definition) is 1. The van der Waals surface area contributed by atoms with E-state index in [2.05, 4.69) is 0 Å². The topological polar surface area (TPSA) is 57.6 Å². The van der Waals surface area contributed by atoms with Crippen LogP contribution in [-0.2, 0) is 4.79 Å². The molecule has 0 bridgehead atoms. The molecule has 1 fully saturated rings. The van der Waals surface area contributed by atoms with Crippen LogP contribution in [0.4, 0.5) is 4.39 Å². The van der Waals surface area contributed by atoms with Gasteiger partial charge < -0.3 is 10.0 Å². The van der Waals surface area contributed by atoms with E-state index in [1.54, 1.807) is 0 Å². The number of carboxylic acids is 1. The summed E-state index contributed by atoms with van der Waals surface area (Å²) in [4.78, 5) is 24.2. The Balaban J connectivity index is 2.23. The zero-order chi connectivity index (χ0) is 12.4. The molecule has 1 aromatic carbocycles. The summed E-state index contributed by atoms with van der Waals surface area (Å²) >= 11 is 1.38. The van der Waals surface area contributed by atoms with Crippen molar-refractivity contribution in [3.63, 3.8) is 0 Å². The van der Waals surface area contributed by atoms with Crippen LogP contribution in [0.25, 0.3) is 0 Å². The lowest BCUT2D eigenvalue weighted by molar-refractivity contribution is -0.140. The molecule has 17 heavy (non-hydrogen) atoms. The van der Waals surface area contributed by atoms with Crippen LogP contribution in [0.5, 0.6) is 0 Å². The van der Waals surface area contributed by atoms with Crippen molar-refractivity contribution in [2.24, 2.45) is 0 Å². The zero-order valence-electron chi connectivity index (χ0n) is 8.80. The Hall–Kier alpha value is -1.56. The van der Waals surface area contributed by atoms with Gasteiger partial charge in [-0.2, -0.15) is 0 Å². The van der Waals surface area contributed by atoms with Crippen molar-refractivity contribution in [1.82, 2.24) is 4.90 Å². The van der Waals surface area contributed by atoms with Crippen LogP contribution in [0.15, 0.2) is 24.3 Å². The Morgan fingerprint density at radius 3 is 2.88 bits per heavy atom. The maximum Gasteiger partial charge on any atom is 0.327 e. The summed E-state index contributed by atoms with van der Waals surface area (Å²) in [6.45, 7) is 0. The lowest BCUT2D eigenvalue weighted by Gasteiger charge is -2.20. The third kappa shape index (κ3) is 2.41. The van der Waals surface area contributed by atoms with Crippen molar-refractivity contribution in [2.45, 2.75) is 6.04 Å². The number of thioether (sulfide) groups is 1. The number of carbonyl (C=O) groups is 2. The SMILES string of the molecule is O=C(O)C1CSCN1C(=O)c1cccc(F)c1. The second-order valence-electron chi connectivity index (χ2n) is 3.64. The summed E-state index contributed by atoms with van der Waals surface area (Å²) in [5.74, 6) is -1.28. The monoisotopic (exact) mass is 255 g/mol. The van der Waals surface area contributed by atoms with E-state index >= 15 is 0 Å². The molecule has 0 spiro atoms. The summed E-state index contributed by atoms with van der Waals surface area (Å²) in [5.41, 5.74) is 0.179. The fourth-order valence-electron chi connectivity index (χ4n) is 1.63. The van der Waals surface area contributed by atoms with Crippen LogP contribution < -0.4 is 0 Å². The standard InChI is InChI=1S/C11H10FNO3S/c12-8-3-1-2-7(4-8)10(14)13-6-17-5-9(13)11(15)16/h1-4,9H,5-6H2,(H,15,16). The summed E-state index contributed by atoms with van der Waals surface area (Å²) in [7, 11) is 0. The van der Waals surface area contributed by atoms with Gasteiger partial charge in [-0.1, -0.05) is 6.07 Å². The van der Waals surface area contributed by atoms with Gasteiger partial charge in [0.25, 0.3) is 5.91 Å². The molecule has 90 valence electrons. The molecule has 0 radical (unpaired) electrons. The highest BCUT2D eigenvalue weighted by molar-refractivity contribution is 7.99. The van der Waals surface area contributed by atoms with Crippen LogP contribution in [0.2, 0.25) is 0 Å². The minimum Gasteiger partial charge on any atom is -0.480 e. The van der Waals surface area contributed by atoms with Crippen molar-refractivity contribution >= 4 is 23.6 Å². The molecule has 1 aromatic rings. The predicted octanol–water partition coefficient (Wildman–Crippen LogP) is 1.43. The van der Waals surface area contributed by atoms with Gasteiger partial charge >= 0.3 is 5.97 Å². The van der Waals surface area contributed by atoms with E-state index in [1.165, 1.54) is 34.9 Å². The third-order valence-corrected chi connectivity index (χ3v) is 3.51. The maximum absolute atomic E-state index is 13.0. The number of amides is 1. The highest BCUT2D eigenvalue weighted by Gasteiger charge is 2.34. The summed E-state index contributed by atoms with van der Waals surface area (Å²) in [6.07, 6.45) is 0. The van der Waals surface area contributed by atoms with Gasteiger partial charge in [-0.05, 0) is 18.2 Å². The number of carboxylic acid groups (broad SMARTS) is 1. The molecule has 1 aliphatic heterocycles. The third-order valence-electron chi connectivity index (χ3n) is 2.50. The van der Waals surface area contributed by atoms with Gasteiger partial charge in [0, 0.05) is 11.3 Å². The Morgan fingerprint density at radius 2 is 2.24 bits per heavy atom. The quantitative estimate of drug-likeness (QED) is 0.868. The van der Waals surface area contributed by atoms with Crippen LogP contribution in [0.1, 0.15) is 10.4 Å². The number of benzene rings is 1. The summed E-state index contributed by atoms with van der Waals surface area (Å²) in [6, 6.07) is 4.44. The molecular formula is C11H10FNO3S. The molecule has 1 amide bonds. The number of rotatable bonds is 2. The lowest BCUT2D eigenvalue weighted by Crippen LogP contribution is -2.41. The summed E-state index contributed by atoms with van der Waals surface area (Å²) in [5, 5.41) is 8.95. The van der Waals surface area contributed by atoms with Gasteiger partial charge in [0.05, 0.1) is 5.88 Å². The number of halogens is 1. The van der Waals surface area contributed by atoms with E-state index in [0.717, 1.165) is 6.07 Å². The van der Waals surface area contributed by atoms with E-state index in [4.69, 9.17) is 5.11 Å². The van der Waals surface area contributed by atoms with Gasteiger partial charge in [0.2, 0.25) is 0 Å². The first kappa shape index (κ1) is 11.9. The molecule has 1 unspecified atom stereocenters. The first-order chi connectivity index (χ1) is 8.09. The minimum absolute atomic E-state index is 0.179. The van der Waals surface area contributed by atoms with Gasteiger partial charge in [0.1, 0.15) is 11.9 Å². The average molecular weight is 255 g/mol. The summed E-state index contributed by atoms with van der Waals surface area (Å²) < 4.78 is 13.0. The minimum atomic E-state index is -1.03. The molecule has 4 nitrogen and oxygen atoms in total. The Bertz CT molecular complexity index is 466. The Labute approximate surface area is 101 Å². The van der Waals surface area contributed by atoms with Crippen LogP contribution >= 0.6 is 11.8 Å². The lowest BCUT2D eigenvalue weighted by atomic mass is 10.1. The molecule has 1 aliphatic rings. The van der Waals surface area contributed by atoms with E-state index in [9.17, 15) is 14.0 Å². The van der Waals surface area contributed by atoms with Crippen molar-refractivity contribution < 1.29 is 19.1 Å². The van der Waals surface area contributed by atoms with E-state index in [-0.39, 0.29) is 5.56 Å². The fraction of sp³-hybridized carbons (Fsp3) is 0.273. The molecule has 6 heteroatoms. The molecule has 0 saturated carbocycles. The molecule has 1 heterocycles. The van der Waals surface area contributed by atoms with E-state index in [1.807, 2.05) is 0 Å². The van der Waals surface area contributed by atoms with Gasteiger partial charge in [-0.3, -0.25) is 4.79 Å². The van der Waals surface area contributed by atoms with E-state index < -0.39 is 23.7 Å².